The minimum Gasteiger partial charge on any atom is -0.445 e. The molecular weight excluding hydrogens is 171 g/mol. The molecule has 3 unspecified atom stereocenters. The molecule has 0 aromatic rings. The first-order valence-corrected chi connectivity index (χ1v) is 4.43. The van der Waals surface area contributed by atoms with Crippen molar-refractivity contribution >= 4 is 8.05 Å². The zero-order chi connectivity index (χ0) is 9.47. The molecule has 3 atom stereocenters. The maximum Gasteiger partial charge on any atom is 0.282 e. The van der Waals surface area contributed by atoms with Gasteiger partial charge in [-0.15, -0.1) is 0 Å². The van der Waals surface area contributed by atoms with Gasteiger partial charge < -0.3 is 18.9 Å². The van der Waals surface area contributed by atoms with Crippen molar-refractivity contribution in [3.05, 3.63) is 0 Å². The standard InChI is InChI=1S/C8H13BO4/c1-8(2)12-6-3-5(4-10-9)11-7(6)13-8/h5-7H,3-4H2,1-2H3. The van der Waals surface area contributed by atoms with Crippen LogP contribution in [0.25, 0.3) is 0 Å². The average molecular weight is 184 g/mol. The van der Waals surface area contributed by atoms with Gasteiger partial charge in [0.25, 0.3) is 8.05 Å². The van der Waals surface area contributed by atoms with Gasteiger partial charge in [-0.2, -0.15) is 0 Å². The Morgan fingerprint density at radius 3 is 2.85 bits per heavy atom. The predicted octanol–water partition coefficient (Wildman–Crippen LogP) is 0.353. The Kier molecular flexibility index (Phi) is 2.36. The number of ether oxygens (including phenoxy) is 3. The smallest absolute Gasteiger partial charge is 0.282 e. The largest absolute Gasteiger partial charge is 0.445 e. The summed E-state index contributed by atoms with van der Waals surface area (Å²) < 4.78 is 21.1. The maximum absolute atomic E-state index is 5.61. The number of fused-ring (bicyclic) bond motifs is 1. The molecule has 0 aliphatic carbocycles. The molecule has 2 saturated heterocycles. The minimum absolute atomic E-state index is 0.00361. The van der Waals surface area contributed by atoms with Crippen LogP contribution < -0.4 is 0 Å². The fraction of sp³-hybridized carbons (Fsp3) is 1.00. The average Bonchev–Trinajstić information content (AvgIpc) is 2.41. The summed E-state index contributed by atoms with van der Waals surface area (Å²) in [6.07, 6.45) is 0.548. The van der Waals surface area contributed by atoms with E-state index in [1.54, 1.807) is 0 Å². The second-order valence-electron chi connectivity index (χ2n) is 3.87. The Balaban J connectivity index is 1.90. The van der Waals surface area contributed by atoms with Crippen LogP contribution in [-0.2, 0) is 18.9 Å². The van der Waals surface area contributed by atoms with Gasteiger partial charge in [-0.05, 0) is 13.8 Å². The molecule has 2 aliphatic heterocycles. The van der Waals surface area contributed by atoms with Crippen molar-refractivity contribution in [1.29, 1.82) is 0 Å². The summed E-state index contributed by atoms with van der Waals surface area (Å²) in [5.41, 5.74) is 0. The van der Waals surface area contributed by atoms with Crippen LogP contribution in [0.1, 0.15) is 20.3 Å². The zero-order valence-corrected chi connectivity index (χ0v) is 7.86. The van der Waals surface area contributed by atoms with Crippen LogP contribution in [0.15, 0.2) is 0 Å². The normalized spacial score (nSPS) is 42.2. The molecule has 2 rings (SSSR count). The highest BCUT2D eigenvalue weighted by molar-refractivity contribution is 5.97. The van der Waals surface area contributed by atoms with Gasteiger partial charge in [-0.25, -0.2) is 0 Å². The summed E-state index contributed by atoms with van der Waals surface area (Å²) in [5.74, 6) is -0.524. The van der Waals surface area contributed by atoms with Crippen LogP contribution >= 0.6 is 0 Å². The first-order valence-electron chi connectivity index (χ1n) is 4.43. The van der Waals surface area contributed by atoms with E-state index in [0.717, 1.165) is 6.42 Å². The second kappa shape index (κ2) is 3.24. The van der Waals surface area contributed by atoms with Crippen LogP contribution in [0, 0.1) is 0 Å². The van der Waals surface area contributed by atoms with Crippen LogP contribution in [0.5, 0.6) is 0 Å². The third-order valence-electron chi connectivity index (χ3n) is 2.24. The lowest BCUT2D eigenvalue weighted by atomic mass is 10.2. The Bertz CT molecular complexity index is 181. The molecule has 0 spiro atoms. The minimum atomic E-state index is -0.524. The van der Waals surface area contributed by atoms with Crippen LogP contribution in [0.4, 0.5) is 0 Å². The highest BCUT2D eigenvalue weighted by atomic mass is 16.8. The number of hydrogen-bond acceptors (Lipinski definition) is 4. The molecule has 0 amide bonds. The number of hydrogen-bond donors (Lipinski definition) is 0. The molecule has 5 heteroatoms. The lowest BCUT2D eigenvalue weighted by Crippen LogP contribution is -2.26. The molecule has 2 fully saturated rings. The van der Waals surface area contributed by atoms with Crippen molar-refractivity contribution in [1.82, 2.24) is 0 Å². The lowest BCUT2D eigenvalue weighted by molar-refractivity contribution is -0.206. The molecule has 0 N–H and O–H groups in total. The Morgan fingerprint density at radius 2 is 2.23 bits per heavy atom. The van der Waals surface area contributed by atoms with Crippen molar-refractivity contribution < 1.29 is 18.9 Å². The van der Waals surface area contributed by atoms with Crippen molar-refractivity contribution in [3.8, 4) is 0 Å². The van der Waals surface area contributed by atoms with E-state index in [4.69, 9.17) is 22.3 Å². The molecule has 2 heterocycles. The van der Waals surface area contributed by atoms with Crippen molar-refractivity contribution in [2.75, 3.05) is 6.61 Å². The Labute approximate surface area is 78.9 Å². The molecule has 2 aliphatic rings. The van der Waals surface area contributed by atoms with E-state index < -0.39 is 5.79 Å². The molecule has 13 heavy (non-hydrogen) atoms. The SMILES string of the molecule is [B]OCC1CC2OC(C)(C)OC2O1. The first kappa shape index (κ1) is 9.46. The van der Waals surface area contributed by atoms with Gasteiger partial charge in [0.05, 0.1) is 12.7 Å². The van der Waals surface area contributed by atoms with Gasteiger partial charge in [0, 0.05) is 6.42 Å². The lowest BCUT2D eigenvalue weighted by Gasteiger charge is -2.20. The number of rotatable bonds is 2. The van der Waals surface area contributed by atoms with Crippen LogP contribution in [0.2, 0.25) is 0 Å². The third-order valence-corrected chi connectivity index (χ3v) is 2.24. The van der Waals surface area contributed by atoms with E-state index in [0.29, 0.717) is 6.61 Å². The molecule has 0 bridgehead atoms. The summed E-state index contributed by atoms with van der Waals surface area (Å²) >= 11 is 0. The first-order chi connectivity index (χ1) is 6.11. The summed E-state index contributed by atoms with van der Waals surface area (Å²) in [6.45, 7) is 4.15. The highest BCUT2D eigenvalue weighted by Crippen LogP contribution is 2.36. The van der Waals surface area contributed by atoms with Crippen molar-refractivity contribution in [3.63, 3.8) is 0 Å². The molecule has 4 nitrogen and oxygen atoms in total. The predicted molar refractivity (Wildman–Crippen MR) is 45.0 cm³/mol. The van der Waals surface area contributed by atoms with Gasteiger partial charge >= 0.3 is 0 Å². The summed E-state index contributed by atoms with van der Waals surface area (Å²) in [5, 5.41) is 0. The Morgan fingerprint density at radius 1 is 1.46 bits per heavy atom. The molecule has 0 aromatic heterocycles. The van der Waals surface area contributed by atoms with Crippen LogP contribution in [-0.4, -0.2) is 38.9 Å². The maximum atomic E-state index is 5.61. The van der Waals surface area contributed by atoms with E-state index in [9.17, 15) is 0 Å². The van der Waals surface area contributed by atoms with E-state index >= 15 is 0 Å². The Hall–Kier alpha value is -0.0951. The van der Waals surface area contributed by atoms with E-state index in [1.807, 2.05) is 13.8 Å². The van der Waals surface area contributed by atoms with Crippen molar-refractivity contribution in [2.45, 2.75) is 44.6 Å². The molecular formula is C8H13BO4. The van der Waals surface area contributed by atoms with E-state index in [2.05, 4.69) is 4.65 Å². The zero-order valence-electron chi connectivity index (χ0n) is 7.86. The second-order valence-corrected chi connectivity index (χ2v) is 3.87. The highest BCUT2D eigenvalue weighted by Gasteiger charge is 2.48. The molecule has 72 valence electrons. The topological polar surface area (TPSA) is 36.9 Å². The van der Waals surface area contributed by atoms with Gasteiger partial charge in [0.1, 0.15) is 6.10 Å². The third kappa shape index (κ3) is 1.88. The summed E-state index contributed by atoms with van der Waals surface area (Å²) in [4.78, 5) is 0. The fourth-order valence-corrected chi connectivity index (χ4v) is 1.80. The van der Waals surface area contributed by atoms with Crippen LogP contribution in [0.3, 0.4) is 0 Å². The molecule has 0 saturated carbocycles. The summed E-state index contributed by atoms with van der Waals surface area (Å²) in [6, 6.07) is 0. The summed E-state index contributed by atoms with van der Waals surface area (Å²) in [7, 11) is 4.95. The van der Waals surface area contributed by atoms with Gasteiger partial charge in [-0.3, -0.25) is 0 Å². The van der Waals surface area contributed by atoms with Crippen molar-refractivity contribution in [2.24, 2.45) is 0 Å². The molecule has 0 aromatic carbocycles. The van der Waals surface area contributed by atoms with Gasteiger partial charge in [-0.1, -0.05) is 0 Å². The van der Waals surface area contributed by atoms with E-state index in [1.165, 1.54) is 0 Å². The van der Waals surface area contributed by atoms with E-state index in [-0.39, 0.29) is 18.5 Å². The fourth-order valence-electron chi connectivity index (χ4n) is 1.80. The van der Waals surface area contributed by atoms with Gasteiger partial charge in [0.2, 0.25) is 0 Å². The molecule has 2 radical (unpaired) electrons. The monoisotopic (exact) mass is 184 g/mol. The van der Waals surface area contributed by atoms with Gasteiger partial charge in [0.15, 0.2) is 12.1 Å². The quantitative estimate of drug-likeness (QED) is 0.580.